The summed E-state index contributed by atoms with van der Waals surface area (Å²) in [6.07, 6.45) is 0. The standard InChI is InChI=1S/C10H15NO2/c1-8-9(11)4-3-5-10(8)13-7-6-12-2/h3-5H,6-7,11H2,1-2H3. The van der Waals surface area contributed by atoms with Gasteiger partial charge in [-0.15, -0.1) is 0 Å². The third-order valence-electron chi connectivity index (χ3n) is 1.87. The maximum Gasteiger partial charge on any atom is 0.124 e. The lowest BCUT2D eigenvalue weighted by Crippen LogP contribution is -2.05. The highest BCUT2D eigenvalue weighted by Gasteiger charge is 2.00. The number of rotatable bonds is 4. The van der Waals surface area contributed by atoms with Gasteiger partial charge in [-0.25, -0.2) is 0 Å². The molecule has 0 spiro atoms. The van der Waals surface area contributed by atoms with E-state index in [2.05, 4.69) is 0 Å². The second-order valence-electron chi connectivity index (χ2n) is 2.81. The molecule has 1 rings (SSSR count). The van der Waals surface area contributed by atoms with E-state index in [1.54, 1.807) is 7.11 Å². The van der Waals surface area contributed by atoms with Crippen LogP contribution in [0.25, 0.3) is 0 Å². The first-order valence-corrected chi connectivity index (χ1v) is 4.22. The molecular formula is C10H15NO2. The van der Waals surface area contributed by atoms with E-state index in [-0.39, 0.29) is 0 Å². The van der Waals surface area contributed by atoms with E-state index in [0.29, 0.717) is 13.2 Å². The zero-order valence-corrected chi connectivity index (χ0v) is 8.04. The van der Waals surface area contributed by atoms with Crippen LogP contribution in [0.15, 0.2) is 18.2 Å². The fraction of sp³-hybridized carbons (Fsp3) is 0.400. The van der Waals surface area contributed by atoms with Crippen LogP contribution in [0.4, 0.5) is 5.69 Å². The largest absolute Gasteiger partial charge is 0.491 e. The highest BCUT2D eigenvalue weighted by atomic mass is 16.5. The van der Waals surface area contributed by atoms with E-state index in [4.69, 9.17) is 15.2 Å². The Morgan fingerprint density at radius 1 is 1.31 bits per heavy atom. The van der Waals surface area contributed by atoms with Crippen LogP contribution < -0.4 is 10.5 Å². The van der Waals surface area contributed by atoms with Gasteiger partial charge in [0.05, 0.1) is 6.61 Å². The molecule has 1 aromatic carbocycles. The van der Waals surface area contributed by atoms with E-state index in [1.807, 2.05) is 25.1 Å². The van der Waals surface area contributed by atoms with Gasteiger partial charge in [-0.2, -0.15) is 0 Å². The Labute approximate surface area is 78.5 Å². The molecule has 2 N–H and O–H groups in total. The zero-order chi connectivity index (χ0) is 9.68. The first-order valence-electron chi connectivity index (χ1n) is 4.22. The van der Waals surface area contributed by atoms with Crippen LogP contribution in [0.3, 0.4) is 0 Å². The maximum absolute atomic E-state index is 5.71. The summed E-state index contributed by atoms with van der Waals surface area (Å²) < 4.78 is 10.3. The molecule has 0 atom stereocenters. The number of ether oxygens (including phenoxy) is 2. The third kappa shape index (κ3) is 2.63. The number of hydrogen-bond acceptors (Lipinski definition) is 3. The lowest BCUT2D eigenvalue weighted by Gasteiger charge is -2.09. The van der Waals surface area contributed by atoms with E-state index in [9.17, 15) is 0 Å². The SMILES string of the molecule is COCCOc1cccc(N)c1C. The predicted octanol–water partition coefficient (Wildman–Crippen LogP) is 1.60. The maximum atomic E-state index is 5.71. The quantitative estimate of drug-likeness (QED) is 0.567. The summed E-state index contributed by atoms with van der Waals surface area (Å²) in [6.45, 7) is 3.09. The summed E-state index contributed by atoms with van der Waals surface area (Å²) in [4.78, 5) is 0. The highest BCUT2D eigenvalue weighted by molar-refractivity contribution is 5.53. The minimum absolute atomic E-state index is 0.556. The molecule has 0 fully saturated rings. The Kier molecular flexibility index (Phi) is 3.58. The predicted molar refractivity (Wildman–Crippen MR) is 53.0 cm³/mol. The summed E-state index contributed by atoms with van der Waals surface area (Å²) >= 11 is 0. The molecule has 0 aliphatic carbocycles. The number of hydrogen-bond donors (Lipinski definition) is 1. The van der Waals surface area contributed by atoms with Crippen molar-refractivity contribution in [3.63, 3.8) is 0 Å². The van der Waals surface area contributed by atoms with E-state index < -0.39 is 0 Å². The van der Waals surface area contributed by atoms with Crippen molar-refractivity contribution in [2.75, 3.05) is 26.1 Å². The van der Waals surface area contributed by atoms with Crippen LogP contribution in [0, 0.1) is 6.92 Å². The molecule has 13 heavy (non-hydrogen) atoms. The lowest BCUT2D eigenvalue weighted by molar-refractivity contribution is 0.146. The van der Waals surface area contributed by atoms with Gasteiger partial charge in [0.15, 0.2) is 0 Å². The molecule has 3 heteroatoms. The second kappa shape index (κ2) is 4.72. The summed E-state index contributed by atoms with van der Waals surface area (Å²) in [5.74, 6) is 0.831. The molecule has 0 bridgehead atoms. The van der Waals surface area contributed by atoms with Crippen molar-refractivity contribution in [3.05, 3.63) is 23.8 Å². The number of nitrogen functional groups attached to an aromatic ring is 1. The molecule has 0 saturated carbocycles. The first-order chi connectivity index (χ1) is 6.25. The number of anilines is 1. The summed E-state index contributed by atoms with van der Waals surface area (Å²) in [5.41, 5.74) is 7.46. The van der Waals surface area contributed by atoms with Gasteiger partial charge in [-0.3, -0.25) is 0 Å². The normalized spacial score (nSPS) is 10.0. The van der Waals surface area contributed by atoms with E-state index in [0.717, 1.165) is 17.0 Å². The van der Waals surface area contributed by atoms with Crippen molar-refractivity contribution >= 4 is 5.69 Å². The monoisotopic (exact) mass is 181 g/mol. The van der Waals surface area contributed by atoms with Gasteiger partial charge in [-0.05, 0) is 19.1 Å². The van der Waals surface area contributed by atoms with E-state index in [1.165, 1.54) is 0 Å². The van der Waals surface area contributed by atoms with Crippen LogP contribution in [0.2, 0.25) is 0 Å². The number of nitrogens with two attached hydrogens (primary N) is 1. The highest BCUT2D eigenvalue weighted by Crippen LogP contribution is 2.22. The Hall–Kier alpha value is -1.22. The van der Waals surface area contributed by atoms with Crippen molar-refractivity contribution in [1.82, 2.24) is 0 Å². The third-order valence-corrected chi connectivity index (χ3v) is 1.87. The van der Waals surface area contributed by atoms with Crippen molar-refractivity contribution in [2.45, 2.75) is 6.92 Å². The van der Waals surface area contributed by atoms with Gasteiger partial charge >= 0.3 is 0 Å². The fourth-order valence-corrected chi connectivity index (χ4v) is 1.02. The van der Waals surface area contributed by atoms with Gasteiger partial charge in [0, 0.05) is 18.4 Å². The summed E-state index contributed by atoms with van der Waals surface area (Å²) in [5, 5.41) is 0. The van der Waals surface area contributed by atoms with E-state index >= 15 is 0 Å². The summed E-state index contributed by atoms with van der Waals surface area (Å²) in [6, 6.07) is 5.64. The van der Waals surface area contributed by atoms with Crippen molar-refractivity contribution in [2.24, 2.45) is 0 Å². The van der Waals surface area contributed by atoms with Crippen LogP contribution in [0.5, 0.6) is 5.75 Å². The van der Waals surface area contributed by atoms with Gasteiger partial charge in [-0.1, -0.05) is 6.07 Å². The molecular weight excluding hydrogens is 166 g/mol. The Morgan fingerprint density at radius 2 is 2.08 bits per heavy atom. The number of benzene rings is 1. The molecule has 0 aliphatic heterocycles. The summed E-state index contributed by atoms with van der Waals surface area (Å²) in [7, 11) is 1.65. The lowest BCUT2D eigenvalue weighted by atomic mass is 10.2. The molecule has 0 amide bonds. The molecule has 3 nitrogen and oxygen atoms in total. The molecule has 1 aromatic rings. The first kappa shape index (κ1) is 9.86. The Morgan fingerprint density at radius 3 is 2.77 bits per heavy atom. The molecule has 0 aromatic heterocycles. The van der Waals surface area contributed by atoms with Crippen LogP contribution >= 0.6 is 0 Å². The zero-order valence-electron chi connectivity index (χ0n) is 8.04. The number of methoxy groups -OCH3 is 1. The molecule has 0 radical (unpaired) electrons. The van der Waals surface area contributed by atoms with Crippen molar-refractivity contribution in [1.29, 1.82) is 0 Å². The fourth-order valence-electron chi connectivity index (χ4n) is 1.02. The molecule has 0 unspecified atom stereocenters. The molecule has 0 saturated heterocycles. The minimum Gasteiger partial charge on any atom is -0.491 e. The van der Waals surface area contributed by atoms with Gasteiger partial charge < -0.3 is 15.2 Å². The molecule has 72 valence electrons. The average Bonchev–Trinajstić information content (AvgIpc) is 2.13. The van der Waals surface area contributed by atoms with Crippen LogP contribution in [-0.2, 0) is 4.74 Å². The van der Waals surface area contributed by atoms with Crippen molar-refractivity contribution < 1.29 is 9.47 Å². The average molecular weight is 181 g/mol. The molecule has 0 heterocycles. The Balaban J connectivity index is 2.61. The Bertz CT molecular complexity index is 274. The van der Waals surface area contributed by atoms with Gasteiger partial charge in [0.2, 0.25) is 0 Å². The minimum atomic E-state index is 0.556. The topological polar surface area (TPSA) is 44.5 Å². The van der Waals surface area contributed by atoms with Gasteiger partial charge in [0.25, 0.3) is 0 Å². The van der Waals surface area contributed by atoms with Crippen LogP contribution in [0.1, 0.15) is 5.56 Å². The van der Waals surface area contributed by atoms with Crippen molar-refractivity contribution in [3.8, 4) is 5.75 Å². The second-order valence-corrected chi connectivity index (χ2v) is 2.81. The smallest absolute Gasteiger partial charge is 0.124 e. The van der Waals surface area contributed by atoms with Gasteiger partial charge in [0.1, 0.15) is 12.4 Å². The molecule has 0 aliphatic rings. The van der Waals surface area contributed by atoms with Crippen LogP contribution in [-0.4, -0.2) is 20.3 Å².